The molecule has 0 bridgehead atoms. The number of nitriles is 1. The van der Waals surface area contributed by atoms with Crippen molar-refractivity contribution in [1.29, 1.82) is 5.26 Å². The number of pyridine rings is 1. The van der Waals surface area contributed by atoms with Crippen LogP contribution in [-0.4, -0.2) is 32.4 Å². The van der Waals surface area contributed by atoms with Gasteiger partial charge in [-0.3, -0.25) is 4.98 Å². The molecule has 7 aromatic heterocycles. The van der Waals surface area contributed by atoms with Gasteiger partial charge in [-0.25, -0.2) is 0 Å². The van der Waals surface area contributed by atoms with Crippen molar-refractivity contribution >= 4 is 131 Å². The second-order valence-electron chi connectivity index (χ2n) is 24.2. The van der Waals surface area contributed by atoms with Gasteiger partial charge in [-0.2, -0.15) is 5.26 Å². The third-order valence-corrected chi connectivity index (χ3v) is 19.5. The number of fused-ring (bicyclic) bond motifs is 18. The van der Waals surface area contributed by atoms with Crippen LogP contribution in [0.2, 0.25) is 0 Å². The summed E-state index contributed by atoms with van der Waals surface area (Å²) in [6.45, 7) is 0. The van der Waals surface area contributed by atoms with Crippen molar-refractivity contribution in [3.8, 4) is 51.3 Å². The molecule has 0 saturated heterocycles. The average molecular weight is 1170 g/mol. The summed E-state index contributed by atoms with van der Waals surface area (Å²) >= 11 is 0. The maximum absolute atomic E-state index is 12.2. The molecule has 0 aliphatic heterocycles. The number of hydrogen-bond acceptors (Lipinski definition) is 2. The fraction of sp³-hybridized carbons (Fsp3) is 0. The van der Waals surface area contributed by atoms with E-state index in [1.54, 1.807) is 0 Å². The van der Waals surface area contributed by atoms with Crippen molar-refractivity contribution < 1.29 is 0 Å². The van der Waals surface area contributed by atoms with E-state index in [4.69, 9.17) is 0 Å². The third-order valence-electron chi connectivity index (χ3n) is 19.5. The van der Waals surface area contributed by atoms with Crippen LogP contribution in [-0.2, 0) is 0 Å². The Balaban J connectivity index is 0.906. The van der Waals surface area contributed by atoms with Gasteiger partial charge in [0, 0.05) is 105 Å². The number of benzene rings is 13. The van der Waals surface area contributed by atoms with Crippen LogP contribution in [0.25, 0.3) is 176 Å². The Labute approximate surface area is 526 Å². The lowest BCUT2D eigenvalue weighted by atomic mass is 10.00. The van der Waals surface area contributed by atoms with Crippen molar-refractivity contribution in [2.45, 2.75) is 0 Å². The molecule has 426 valence electrons. The van der Waals surface area contributed by atoms with Crippen LogP contribution in [0.3, 0.4) is 0 Å². The SMILES string of the molecule is N#Cc1cc(-n2c3cc(-n4c5ccccc5c5ccccc54)ccc3c3ccc(-n4c5ccccc5c5ccccc54)cc32)c(-c2ccncc2)cc1-n1c2cc(-n3c4ccccc4c4ccccc43)ccc2c2ccc(-n3c4ccccc4c4ccccc43)cc21. The zero-order chi connectivity index (χ0) is 60.3. The molecule has 8 heteroatoms. The Morgan fingerprint density at radius 2 is 0.478 bits per heavy atom. The molecule has 0 atom stereocenters. The second kappa shape index (κ2) is 19.2. The van der Waals surface area contributed by atoms with Crippen molar-refractivity contribution in [3.05, 3.63) is 309 Å². The Bertz CT molecular complexity index is 6040. The highest BCUT2D eigenvalue weighted by atomic mass is 15.1. The van der Waals surface area contributed by atoms with Crippen LogP contribution in [0.1, 0.15) is 5.56 Å². The highest BCUT2D eigenvalue weighted by Gasteiger charge is 2.26. The maximum Gasteiger partial charge on any atom is 0.101 e. The van der Waals surface area contributed by atoms with Crippen LogP contribution in [0.4, 0.5) is 0 Å². The van der Waals surface area contributed by atoms with Crippen LogP contribution < -0.4 is 0 Å². The number of rotatable bonds is 7. The van der Waals surface area contributed by atoms with E-state index in [-0.39, 0.29) is 0 Å². The number of hydrogen-bond donors (Lipinski definition) is 0. The first-order chi connectivity index (χ1) is 45.6. The molecule has 0 aliphatic rings. The van der Waals surface area contributed by atoms with Gasteiger partial charge in [0.25, 0.3) is 0 Å². The lowest BCUT2D eigenvalue weighted by Gasteiger charge is -2.20. The van der Waals surface area contributed by atoms with Gasteiger partial charge in [0.2, 0.25) is 0 Å². The fourth-order valence-corrected chi connectivity index (χ4v) is 15.7. The zero-order valence-corrected chi connectivity index (χ0v) is 49.4. The first-order valence-electron chi connectivity index (χ1n) is 31.2. The van der Waals surface area contributed by atoms with Gasteiger partial charge in [0.05, 0.1) is 83.1 Å². The number of para-hydroxylation sites is 8. The van der Waals surface area contributed by atoms with Crippen molar-refractivity contribution in [2.24, 2.45) is 0 Å². The molecule has 0 saturated carbocycles. The molecular formula is C84H50N8. The fourth-order valence-electron chi connectivity index (χ4n) is 15.7. The van der Waals surface area contributed by atoms with Crippen LogP contribution in [0.5, 0.6) is 0 Å². The molecule has 92 heavy (non-hydrogen) atoms. The molecule has 20 aromatic rings. The van der Waals surface area contributed by atoms with Crippen LogP contribution in [0.15, 0.2) is 304 Å². The predicted molar refractivity (Wildman–Crippen MR) is 380 cm³/mol. The molecule has 8 nitrogen and oxygen atoms in total. The van der Waals surface area contributed by atoms with Crippen molar-refractivity contribution in [3.63, 3.8) is 0 Å². The number of aromatic nitrogens is 7. The summed E-state index contributed by atoms with van der Waals surface area (Å²) in [6, 6.07) is 109. The highest BCUT2D eigenvalue weighted by molar-refractivity contribution is 6.17. The first-order valence-corrected chi connectivity index (χ1v) is 31.2. The average Bonchev–Trinajstić information content (AvgIpc) is 1.57. The Hall–Kier alpha value is -12.7. The maximum atomic E-state index is 12.2. The standard InChI is InChI=1S/C84H50N8/c85-51-53-45-80(92-83-48-56(89-75-29-13-5-21-62(75)63-22-6-14-30-76(63)89)35-39-68(83)69-40-36-57(49-84(69)92)90-77-31-15-7-23-64(77)65-24-8-16-32-78(65)90)70(52-41-43-86-44-42-52)50-79(53)91-81-46-54(87-71-25-9-1-17-58(71)59-18-2-10-26-72(59)87)33-37-66(81)67-38-34-55(47-82(67)91)88-73-27-11-3-19-60(73)61-20-4-12-28-74(61)88/h1-50H. The summed E-state index contributed by atoms with van der Waals surface area (Å²) in [7, 11) is 0. The molecule has 13 aromatic carbocycles. The molecular weight excluding hydrogens is 1120 g/mol. The zero-order valence-electron chi connectivity index (χ0n) is 49.4. The minimum atomic E-state index is 0.522. The Morgan fingerprint density at radius 3 is 0.750 bits per heavy atom. The van der Waals surface area contributed by atoms with Crippen LogP contribution in [0, 0.1) is 11.3 Å². The van der Waals surface area contributed by atoms with Crippen molar-refractivity contribution in [2.75, 3.05) is 0 Å². The van der Waals surface area contributed by atoms with E-state index >= 15 is 0 Å². The second-order valence-corrected chi connectivity index (χ2v) is 24.2. The molecule has 0 N–H and O–H groups in total. The Kier molecular flexibility index (Phi) is 10.5. The lowest BCUT2D eigenvalue weighted by Crippen LogP contribution is -2.05. The summed E-state index contributed by atoms with van der Waals surface area (Å²) < 4.78 is 14.3. The third kappa shape index (κ3) is 7.01. The summed E-state index contributed by atoms with van der Waals surface area (Å²) in [5, 5.41) is 26.1. The molecule has 0 unspecified atom stereocenters. The van der Waals surface area contributed by atoms with Gasteiger partial charge in [-0.05, 0) is 127 Å². The smallest absolute Gasteiger partial charge is 0.101 e. The van der Waals surface area contributed by atoms with Gasteiger partial charge < -0.3 is 27.4 Å². The summed E-state index contributed by atoms with van der Waals surface area (Å²) in [5.74, 6) is 0. The molecule has 20 rings (SSSR count). The Morgan fingerprint density at radius 1 is 0.228 bits per heavy atom. The van der Waals surface area contributed by atoms with E-state index in [1.165, 1.54) is 43.1 Å². The molecule has 0 spiro atoms. The molecule has 7 heterocycles. The van der Waals surface area contributed by atoms with E-state index in [9.17, 15) is 5.26 Å². The van der Waals surface area contributed by atoms with Gasteiger partial charge in [0.15, 0.2) is 0 Å². The highest BCUT2D eigenvalue weighted by Crippen LogP contribution is 2.45. The normalized spacial score (nSPS) is 12.1. The van der Waals surface area contributed by atoms with E-state index < -0.39 is 0 Å². The quantitative estimate of drug-likeness (QED) is 0.160. The van der Waals surface area contributed by atoms with Gasteiger partial charge >= 0.3 is 0 Å². The monoisotopic (exact) mass is 1170 g/mol. The van der Waals surface area contributed by atoms with E-state index in [0.717, 1.165) is 133 Å². The summed E-state index contributed by atoms with van der Waals surface area (Å²) in [5.41, 5.74) is 21.2. The molecule has 0 amide bonds. The van der Waals surface area contributed by atoms with E-state index in [0.29, 0.717) is 5.56 Å². The van der Waals surface area contributed by atoms with Crippen molar-refractivity contribution in [1.82, 2.24) is 32.4 Å². The van der Waals surface area contributed by atoms with E-state index in [1.807, 2.05) is 12.4 Å². The topological polar surface area (TPSA) is 66.3 Å². The summed E-state index contributed by atoms with van der Waals surface area (Å²) in [4.78, 5) is 4.61. The predicted octanol–water partition coefficient (Wildman–Crippen LogP) is 21.2. The molecule has 0 aliphatic carbocycles. The lowest BCUT2D eigenvalue weighted by molar-refractivity contribution is 1.12. The number of nitrogens with zero attached hydrogens (tertiary/aromatic N) is 8. The molecule has 0 radical (unpaired) electrons. The molecule has 0 fully saturated rings. The largest absolute Gasteiger partial charge is 0.309 e. The van der Waals surface area contributed by atoms with Gasteiger partial charge in [-0.1, -0.05) is 170 Å². The van der Waals surface area contributed by atoms with Crippen LogP contribution >= 0.6 is 0 Å². The summed E-state index contributed by atoms with van der Waals surface area (Å²) in [6.07, 6.45) is 3.75. The first kappa shape index (κ1) is 50.3. The minimum Gasteiger partial charge on any atom is -0.309 e. The van der Waals surface area contributed by atoms with Gasteiger partial charge in [0.1, 0.15) is 6.07 Å². The van der Waals surface area contributed by atoms with E-state index in [2.05, 4.69) is 330 Å². The van der Waals surface area contributed by atoms with Gasteiger partial charge in [-0.15, -0.1) is 0 Å². The minimum absolute atomic E-state index is 0.522.